The van der Waals surface area contributed by atoms with Gasteiger partial charge < -0.3 is 9.47 Å². The minimum atomic E-state index is 0.0702. The van der Waals surface area contributed by atoms with Crippen molar-refractivity contribution in [1.82, 2.24) is 4.98 Å². The Morgan fingerprint density at radius 1 is 1.00 bits per heavy atom. The molecule has 96 valence electrons. The molecule has 0 atom stereocenters. The van der Waals surface area contributed by atoms with E-state index in [9.17, 15) is 0 Å². The molecule has 0 bridgehead atoms. The molecule has 2 rings (SSSR count). The van der Waals surface area contributed by atoms with Crippen molar-refractivity contribution in [1.29, 1.82) is 0 Å². The molecule has 0 fully saturated rings. The Bertz CT molecular complexity index is 570. The molecule has 0 aliphatic heterocycles. The Hall–Kier alpha value is -1.77. The van der Waals surface area contributed by atoms with Crippen LogP contribution in [0, 0.1) is 0 Å². The predicted octanol–water partition coefficient (Wildman–Crippen LogP) is 3.55. The molecule has 2 aromatic rings. The highest BCUT2D eigenvalue weighted by molar-refractivity contribution is 5.86. The summed E-state index contributed by atoms with van der Waals surface area (Å²) in [6.07, 6.45) is 1.84. The summed E-state index contributed by atoms with van der Waals surface area (Å²) in [5.74, 6) is 1.45. The number of pyridine rings is 1. The Morgan fingerprint density at radius 3 is 2.17 bits per heavy atom. The summed E-state index contributed by atoms with van der Waals surface area (Å²) in [5.41, 5.74) is 2.26. The highest BCUT2D eigenvalue weighted by Crippen LogP contribution is 2.36. The van der Waals surface area contributed by atoms with Crippen LogP contribution in [0.15, 0.2) is 24.4 Å². The van der Waals surface area contributed by atoms with Gasteiger partial charge in [0.15, 0.2) is 11.5 Å². The normalized spacial score (nSPS) is 11.6. The van der Waals surface area contributed by atoms with Crippen molar-refractivity contribution in [3.8, 4) is 11.5 Å². The lowest BCUT2D eigenvalue weighted by molar-refractivity contribution is 0.355. The standard InChI is InChI=1S/C15H19NO2/c1-15(2,3)11-6-7-16-12-9-14(18-5)13(17-4)8-10(11)12/h6-9H,1-5H3. The summed E-state index contributed by atoms with van der Waals surface area (Å²) in [6.45, 7) is 6.58. The van der Waals surface area contributed by atoms with Crippen LogP contribution in [-0.4, -0.2) is 19.2 Å². The fourth-order valence-electron chi connectivity index (χ4n) is 2.13. The van der Waals surface area contributed by atoms with Crippen molar-refractivity contribution >= 4 is 10.9 Å². The van der Waals surface area contributed by atoms with Crippen LogP contribution in [0.1, 0.15) is 26.3 Å². The lowest BCUT2D eigenvalue weighted by Crippen LogP contribution is -2.12. The minimum absolute atomic E-state index is 0.0702. The van der Waals surface area contributed by atoms with Crippen LogP contribution < -0.4 is 9.47 Å². The van der Waals surface area contributed by atoms with Crippen LogP contribution in [0.4, 0.5) is 0 Å². The van der Waals surface area contributed by atoms with Crippen molar-refractivity contribution in [2.45, 2.75) is 26.2 Å². The Kier molecular flexibility index (Phi) is 3.16. The van der Waals surface area contributed by atoms with E-state index >= 15 is 0 Å². The summed E-state index contributed by atoms with van der Waals surface area (Å²) in [4.78, 5) is 4.40. The van der Waals surface area contributed by atoms with Crippen LogP contribution in [0.25, 0.3) is 10.9 Å². The zero-order valence-electron chi connectivity index (χ0n) is 11.6. The van der Waals surface area contributed by atoms with Gasteiger partial charge in [0.1, 0.15) is 0 Å². The topological polar surface area (TPSA) is 31.4 Å². The van der Waals surface area contributed by atoms with Gasteiger partial charge in [0.25, 0.3) is 0 Å². The van der Waals surface area contributed by atoms with Gasteiger partial charge in [0, 0.05) is 17.6 Å². The molecule has 0 spiro atoms. The van der Waals surface area contributed by atoms with Crippen LogP contribution in [0.5, 0.6) is 11.5 Å². The maximum absolute atomic E-state index is 5.36. The highest BCUT2D eigenvalue weighted by Gasteiger charge is 2.18. The fraction of sp³-hybridized carbons (Fsp3) is 0.400. The van der Waals surface area contributed by atoms with E-state index in [4.69, 9.17) is 9.47 Å². The third-order valence-corrected chi connectivity index (χ3v) is 3.05. The average Bonchev–Trinajstić information content (AvgIpc) is 2.35. The first-order chi connectivity index (χ1) is 8.47. The smallest absolute Gasteiger partial charge is 0.162 e. The molecule has 0 aliphatic carbocycles. The van der Waals surface area contributed by atoms with Gasteiger partial charge in [0.05, 0.1) is 19.7 Å². The highest BCUT2D eigenvalue weighted by atomic mass is 16.5. The fourth-order valence-corrected chi connectivity index (χ4v) is 2.13. The largest absolute Gasteiger partial charge is 0.493 e. The summed E-state index contributed by atoms with van der Waals surface area (Å²) < 4.78 is 10.7. The lowest BCUT2D eigenvalue weighted by Gasteiger charge is -2.21. The SMILES string of the molecule is COc1cc2nccc(C(C)(C)C)c2cc1OC. The van der Waals surface area contributed by atoms with Gasteiger partial charge in [-0.15, -0.1) is 0 Å². The molecule has 0 amide bonds. The maximum atomic E-state index is 5.36. The van der Waals surface area contributed by atoms with Crippen LogP contribution in [-0.2, 0) is 5.41 Å². The number of methoxy groups -OCH3 is 2. The second-order valence-corrected chi connectivity index (χ2v) is 5.33. The van der Waals surface area contributed by atoms with Gasteiger partial charge in [-0.2, -0.15) is 0 Å². The molecule has 3 heteroatoms. The monoisotopic (exact) mass is 245 g/mol. The summed E-state index contributed by atoms with van der Waals surface area (Å²) in [6, 6.07) is 5.99. The summed E-state index contributed by atoms with van der Waals surface area (Å²) >= 11 is 0. The van der Waals surface area contributed by atoms with Gasteiger partial charge in [-0.3, -0.25) is 4.98 Å². The van der Waals surface area contributed by atoms with Crippen molar-refractivity contribution in [3.63, 3.8) is 0 Å². The molecule has 0 saturated heterocycles. The average molecular weight is 245 g/mol. The molecule has 0 N–H and O–H groups in total. The first-order valence-electron chi connectivity index (χ1n) is 5.98. The molecule has 18 heavy (non-hydrogen) atoms. The van der Waals surface area contributed by atoms with E-state index in [-0.39, 0.29) is 5.41 Å². The zero-order chi connectivity index (χ0) is 13.3. The minimum Gasteiger partial charge on any atom is -0.493 e. The van der Waals surface area contributed by atoms with E-state index < -0.39 is 0 Å². The first-order valence-corrected chi connectivity index (χ1v) is 5.98. The van der Waals surface area contributed by atoms with E-state index in [1.807, 2.05) is 18.3 Å². The second kappa shape index (κ2) is 4.48. The van der Waals surface area contributed by atoms with Gasteiger partial charge in [-0.25, -0.2) is 0 Å². The Labute approximate surface area is 108 Å². The molecule has 0 radical (unpaired) electrons. The molecule has 0 aliphatic rings. The number of aromatic nitrogens is 1. The molecule has 0 unspecified atom stereocenters. The first kappa shape index (κ1) is 12.7. The van der Waals surface area contributed by atoms with E-state index in [1.54, 1.807) is 14.2 Å². The number of nitrogens with zero attached hydrogens (tertiary/aromatic N) is 1. The summed E-state index contributed by atoms with van der Waals surface area (Å²) in [7, 11) is 3.29. The third-order valence-electron chi connectivity index (χ3n) is 3.05. The van der Waals surface area contributed by atoms with E-state index in [0.717, 1.165) is 16.7 Å². The molecular formula is C15H19NO2. The van der Waals surface area contributed by atoms with Gasteiger partial charge >= 0.3 is 0 Å². The van der Waals surface area contributed by atoms with Gasteiger partial charge in [-0.1, -0.05) is 20.8 Å². The van der Waals surface area contributed by atoms with Crippen molar-refractivity contribution in [2.24, 2.45) is 0 Å². The van der Waals surface area contributed by atoms with E-state index in [2.05, 4.69) is 31.8 Å². The lowest BCUT2D eigenvalue weighted by atomic mass is 9.85. The number of hydrogen-bond acceptors (Lipinski definition) is 3. The molecule has 1 aromatic heterocycles. The van der Waals surface area contributed by atoms with Crippen molar-refractivity contribution in [2.75, 3.05) is 14.2 Å². The third kappa shape index (κ3) is 2.13. The second-order valence-electron chi connectivity index (χ2n) is 5.33. The van der Waals surface area contributed by atoms with Crippen molar-refractivity contribution < 1.29 is 9.47 Å². The quantitative estimate of drug-likeness (QED) is 0.810. The predicted molar refractivity (Wildman–Crippen MR) is 73.5 cm³/mol. The van der Waals surface area contributed by atoms with Crippen molar-refractivity contribution in [3.05, 3.63) is 30.0 Å². The van der Waals surface area contributed by atoms with Gasteiger partial charge in [-0.05, 0) is 23.1 Å². The number of benzene rings is 1. The maximum Gasteiger partial charge on any atom is 0.162 e. The summed E-state index contributed by atoms with van der Waals surface area (Å²) in [5, 5.41) is 1.11. The molecule has 3 nitrogen and oxygen atoms in total. The van der Waals surface area contributed by atoms with Crippen LogP contribution >= 0.6 is 0 Å². The number of fused-ring (bicyclic) bond motifs is 1. The van der Waals surface area contributed by atoms with Crippen LogP contribution in [0.3, 0.4) is 0 Å². The molecule has 0 saturated carbocycles. The Balaban J connectivity index is 2.77. The van der Waals surface area contributed by atoms with Crippen LogP contribution in [0.2, 0.25) is 0 Å². The molecule has 1 heterocycles. The van der Waals surface area contributed by atoms with Gasteiger partial charge in [0.2, 0.25) is 0 Å². The zero-order valence-corrected chi connectivity index (χ0v) is 11.6. The number of ether oxygens (including phenoxy) is 2. The Morgan fingerprint density at radius 2 is 1.61 bits per heavy atom. The molecule has 1 aromatic carbocycles. The molecular weight excluding hydrogens is 226 g/mol. The van der Waals surface area contributed by atoms with E-state index in [0.29, 0.717) is 5.75 Å². The number of hydrogen-bond donors (Lipinski definition) is 0. The van der Waals surface area contributed by atoms with E-state index in [1.165, 1.54) is 5.56 Å². The number of rotatable bonds is 2.